The second kappa shape index (κ2) is 9.03. The molecule has 0 heterocycles. The van der Waals surface area contributed by atoms with Crippen molar-refractivity contribution >= 4 is 22.0 Å². The van der Waals surface area contributed by atoms with Gasteiger partial charge in [0, 0.05) is 25.2 Å². The lowest BCUT2D eigenvalue weighted by Crippen LogP contribution is -2.39. The Bertz CT molecular complexity index is 592. The maximum atomic E-state index is 11.9. The van der Waals surface area contributed by atoms with Gasteiger partial charge in [0.05, 0.1) is 4.75 Å². The molecule has 23 heavy (non-hydrogen) atoms. The molecule has 0 unspecified atom stereocenters. The number of hydrogen-bond acceptors (Lipinski definition) is 4. The van der Waals surface area contributed by atoms with Gasteiger partial charge in [-0.25, -0.2) is 13.1 Å². The summed E-state index contributed by atoms with van der Waals surface area (Å²) in [5, 5.41) is 3.32. The molecule has 5 nitrogen and oxygen atoms in total. The first-order valence-electron chi connectivity index (χ1n) is 8.02. The molecule has 0 bridgehead atoms. The van der Waals surface area contributed by atoms with E-state index in [-0.39, 0.29) is 0 Å². The average molecular weight is 340 g/mol. The Labute approximate surface area is 139 Å². The van der Waals surface area contributed by atoms with E-state index in [1.165, 1.54) is 0 Å². The maximum Gasteiger partial charge on any atom is 0.216 e. The van der Waals surface area contributed by atoms with Crippen LogP contribution in [0.3, 0.4) is 0 Å². The van der Waals surface area contributed by atoms with Gasteiger partial charge in [0.2, 0.25) is 10.0 Å². The molecule has 0 saturated heterocycles. The third kappa shape index (κ3) is 7.14. The summed E-state index contributed by atoms with van der Waals surface area (Å²) < 4.78 is 25.6. The second-order valence-corrected chi connectivity index (χ2v) is 9.09. The van der Waals surface area contributed by atoms with Crippen LogP contribution in [0.5, 0.6) is 0 Å². The Hall–Kier alpha value is -1.40. The van der Waals surface area contributed by atoms with E-state index in [9.17, 15) is 13.2 Å². The Morgan fingerprint density at radius 3 is 2.43 bits per heavy atom. The van der Waals surface area contributed by atoms with Crippen LogP contribution in [0.2, 0.25) is 0 Å². The highest BCUT2D eigenvalue weighted by molar-refractivity contribution is 7.90. The van der Waals surface area contributed by atoms with Gasteiger partial charge in [0.15, 0.2) is 0 Å². The molecule has 0 saturated carbocycles. The van der Waals surface area contributed by atoms with Crippen LogP contribution in [0.15, 0.2) is 24.3 Å². The zero-order valence-corrected chi connectivity index (χ0v) is 15.1. The van der Waals surface area contributed by atoms with E-state index in [1.54, 1.807) is 20.8 Å². The van der Waals surface area contributed by atoms with Gasteiger partial charge in [-0.1, -0.05) is 18.6 Å². The quantitative estimate of drug-likeness (QED) is 0.507. The Kier molecular flexibility index (Phi) is 7.72. The molecule has 0 aliphatic heterocycles. The number of anilines is 1. The molecule has 0 aliphatic rings. The third-order valence-electron chi connectivity index (χ3n) is 3.53. The minimum Gasteiger partial charge on any atom is -0.385 e. The van der Waals surface area contributed by atoms with E-state index in [0.717, 1.165) is 43.3 Å². The molecule has 0 atom stereocenters. The summed E-state index contributed by atoms with van der Waals surface area (Å²) in [6.45, 7) is 6.39. The van der Waals surface area contributed by atoms with E-state index in [2.05, 4.69) is 10.0 Å². The topological polar surface area (TPSA) is 75.3 Å². The lowest BCUT2D eigenvalue weighted by molar-refractivity contribution is -0.107. The fourth-order valence-corrected chi connectivity index (χ4v) is 2.83. The zero-order valence-electron chi connectivity index (χ0n) is 14.3. The van der Waals surface area contributed by atoms with Gasteiger partial charge in [-0.3, -0.25) is 0 Å². The van der Waals surface area contributed by atoms with E-state index in [0.29, 0.717) is 13.0 Å². The molecule has 0 radical (unpaired) electrons. The van der Waals surface area contributed by atoms with Crippen molar-refractivity contribution in [3.8, 4) is 0 Å². The van der Waals surface area contributed by atoms with Crippen LogP contribution in [0, 0.1) is 0 Å². The number of sulfonamides is 1. The molecular weight excluding hydrogens is 312 g/mol. The lowest BCUT2D eigenvalue weighted by atomic mass is 10.1. The summed E-state index contributed by atoms with van der Waals surface area (Å²) in [4.78, 5) is 10.5. The first-order chi connectivity index (χ1) is 10.8. The molecule has 1 rings (SSSR count). The van der Waals surface area contributed by atoms with E-state index >= 15 is 0 Å². The fourth-order valence-electron chi connectivity index (χ4n) is 1.99. The standard InChI is InChI=1S/C17H28N2O3S/c1-17(2,3)23(21,22)19-12-6-4-5-11-18-16-9-7-8-15(14-16)10-13-20/h7-9,13-14,18-19H,4-6,10-12H2,1-3H3. The maximum absolute atomic E-state index is 11.9. The SMILES string of the molecule is CC(C)(C)S(=O)(=O)NCCCCCNc1cccc(CC=O)c1. The largest absolute Gasteiger partial charge is 0.385 e. The van der Waals surface area contributed by atoms with Crippen LogP contribution in [0.25, 0.3) is 0 Å². The number of aldehydes is 1. The number of unbranched alkanes of at least 4 members (excludes halogenated alkanes) is 2. The highest BCUT2D eigenvalue weighted by Crippen LogP contribution is 2.13. The van der Waals surface area contributed by atoms with Gasteiger partial charge in [-0.05, 0) is 51.3 Å². The summed E-state index contributed by atoms with van der Waals surface area (Å²) in [6.07, 6.45) is 4.08. The van der Waals surface area contributed by atoms with E-state index < -0.39 is 14.8 Å². The van der Waals surface area contributed by atoms with Gasteiger partial charge < -0.3 is 10.1 Å². The first-order valence-corrected chi connectivity index (χ1v) is 9.50. The van der Waals surface area contributed by atoms with Gasteiger partial charge in [-0.15, -0.1) is 0 Å². The molecule has 1 aromatic carbocycles. The van der Waals surface area contributed by atoms with Gasteiger partial charge in [0.25, 0.3) is 0 Å². The second-order valence-electron chi connectivity index (χ2n) is 6.57. The summed E-state index contributed by atoms with van der Waals surface area (Å²) in [6, 6.07) is 7.82. The van der Waals surface area contributed by atoms with Crippen molar-refractivity contribution < 1.29 is 13.2 Å². The number of rotatable bonds is 10. The van der Waals surface area contributed by atoms with Gasteiger partial charge >= 0.3 is 0 Å². The van der Waals surface area contributed by atoms with Crippen LogP contribution in [0.4, 0.5) is 5.69 Å². The number of hydrogen-bond donors (Lipinski definition) is 2. The third-order valence-corrected chi connectivity index (χ3v) is 5.72. The predicted molar refractivity (Wildman–Crippen MR) is 95.2 cm³/mol. The smallest absolute Gasteiger partial charge is 0.216 e. The highest BCUT2D eigenvalue weighted by atomic mass is 32.2. The molecule has 0 fully saturated rings. The number of carbonyl (C=O) groups is 1. The predicted octanol–water partition coefficient (Wildman–Crippen LogP) is 2.73. The monoisotopic (exact) mass is 340 g/mol. The average Bonchev–Trinajstić information content (AvgIpc) is 2.46. The minimum absolute atomic E-state index is 0.434. The first kappa shape index (κ1) is 19.6. The number of nitrogens with one attached hydrogen (secondary N) is 2. The van der Waals surface area contributed by atoms with Crippen LogP contribution in [0.1, 0.15) is 45.6 Å². The molecule has 2 N–H and O–H groups in total. The number of carbonyl (C=O) groups excluding carboxylic acids is 1. The van der Waals surface area contributed by atoms with Crippen molar-refractivity contribution in [1.82, 2.24) is 4.72 Å². The molecule has 0 amide bonds. The summed E-state index contributed by atoms with van der Waals surface area (Å²) in [5.41, 5.74) is 2.01. The lowest BCUT2D eigenvalue weighted by Gasteiger charge is -2.19. The van der Waals surface area contributed by atoms with Crippen LogP contribution in [-0.2, 0) is 21.2 Å². The molecule has 1 aromatic rings. The van der Waals surface area contributed by atoms with E-state index in [1.807, 2.05) is 24.3 Å². The van der Waals surface area contributed by atoms with Crippen LogP contribution < -0.4 is 10.0 Å². The molecule has 0 aliphatic carbocycles. The van der Waals surface area contributed by atoms with Crippen molar-refractivity contribution in [1.29, 1.82) is 0 Å². The summed E-state index contributed by atoms with van der Waals surface area (Å²) >= 11 is 0. The van der Waals surface area contributed by atoms with Crippen molar-refractivity contribution in [3.05, 3.63) is 29.8 Å². The van der Waals surface area contributed by atoms with Crippen molar-refractivity contribution in [2.45, 2.75) is 51.2 Å². The normalized spacial score (nSPS) is 12.1. The Morgan fingerprint density at radius 2 is 1.78 bits per heavy atom. The van der Waals surface area contributed by atoms with Crippen LogP contribution >= 0.6 is 0 Å². The van der Waals surface area contributed by atoms with Crippen molar-refractivity contribution in [3.63, 3.8) is 0 Å². The molecule has 6 heteroatoms. The van der Waals surface area contributed by atoms with Crippen molar-refractivity contribution in [2.24, 2.45) is 0 Å². The minimum atomic E-state index is -3.24. The highest BCUT2D eigenvalue weighted by Gasteiger charge is 2.27. The number of benzene rings is 1. The Balaban J connectivity index is 2.19. The van der Waals surface area contributed by atoms with E-state index in [4.69, 9.17) is 0 Å². The summed E-state index contributed by atoms with van der Waals surface area (Å²) in [7, 11) is -3.24. The summed E-state index contributed by atoms with van der Waals surface area (Å²) in [5.74, 6) is 0. The molecule has 0 aromatic heterocycles. The van der Waals surface area contributed by atoms with Crippen molar-refractivity contribution in [2.75, 3.05) is 18.4 Å². The van der Waals surface area contributed by atoms with Gasteiger partial charge in [-0.2, -0.15) is 0 Å². The molecular formula is C17H28N2O3S. The van der Waals surface area contributed by atoms with Crippen LogP contribution in [-0.4, -0.2) is 32.5 Å². The Morgan fingerprint density at radius 1 is 1.09 bits per heavy atom. The molecule has 130 valence electrons. The molecule has 0 spiro atoms. The zero-order chi connectivity index (χ0) is 17.3. The van der Waals surface area contributed by atoms with Gasteiger partial charge in [0.1, 0.15) is 6.29 Å². The fraction of sp³-hybridized carbons (Fsp3) is 0.588.